The molecule has 7 nitrogen and oxygen atoms in total. The van der Waals surface area contributed by atoms with Crippen molar-refractivity contribution < 1.29 is 9.59 Å². The summed E-state index contributed by atoms with van der Waals surface area (Å²) in [5, 5.41) is 4.22. The Morgan fingerprint density at radius 2 is 2.17 bits per heavy atom. The summed E-state index contributed by atoms with van der Waals surface area (Å²) in [6.45, 7) is 1.39. The van der Waals surface area contributed by atoms with Gasteiger partial charge in [-0.3, -0.25) is 19.3 Å². The standard InChI is InChI=1S/C16H19N5O2/c17-15(22)12-5-6-14(18-10-12)16(23)21-9-2-1-4-13(21)11-20-8-3-7-19-20/h3,5-8,10,13H,1-2,4,9,11H2,(H2,17,22)/t13-/m1/s1. The number of carbonyl (C=O) groups excluding carboxylic acids is 2. The maximum Gasteiger partial charge on any atom is 0.272 e. The smallest absolute Gasteiger partial charge is 0.272 e. The topological polar surface area (TPSA) is 94.1 Å². The van der Waals surface area contributed by atoms with E-state index in [1.807, 2.05) is 21.8 Å². The van der Waals surface area contributed by atoms with E-state index in [1.54, 1.807) is 12.3 Å². The summed E-state index contributed by atoms with van der Waals surface area (Å²) in [6.07, 6.45) is 8.02. The van der Waals surface area contributed by atoms with E-state index in [4.69, 9.17) is 5.73 Å². The summed E-state index contributed by atoms with van der Waals surface area (Å²) in [7, 11) is 0. The summed E-state index contributed by atoms with van der Waals surface area (Å²) < 4.78 is 1.85. The van der Waals surface area contributed by atoms with E-state index in [0.29, 0.717) is 24.3 Å². The third-order valence-corrected chi connectivity index (χ3v) is 4.11. The lowest BCUT2D eigenvalue weighted by molar-refractivity contribution is 0.0577. The lowest BCUT2D eigenvalue weighted by Gasteiger charge is -2.35. The minimum atomic E-state index is -0.550. The molecule has 0 spiro atoms. The molecular formula is C16H19N5O2. The molecule has 0 radical (unpaired) electrons. The average Bonchev–Trinajstić information content (AvgIpc) is 3.08. The molecule has 2 aromatic heterocycles. The Morgan fingerprint density at radius 3 is 2.83 bits per heavy atom. The van der Waals surface area contributed by atoms with E-state index >= 15 is 0 Å². The normalized spacial score (nSPS) is 17.9. The highest BCUT2D eigenvalue weighted by molar-refractivity contribution is 5.95. The van der Waals surface area contributed by atoms with Gasteiger partial charge in [-0.2, -0.15) is 5.10 Å². The van der Waals surface area contributed by atoms with Gasteiger partial charge >= 0.3 is 0 Å². The van der Waals surface area contributed by atoms with Gasteiger partial charge in [0.15, 0.2) is 0 Å². The van der Waals surface area contributed by atoms with E-state index in [-0.39, 0.29) is 11.9 Å². The number of hydrogen-bond donors (Lipinski definition) is 1. The van der Waals surface area contributed by atoms with Crippen LogP contribution in [0.5, 0.6) is 0 Å². The van der Waals surface area contributed by atoms with Crippen molar-refractivity contribution in [3.63, 3.8) is 0 Å². The zero-order chi connectivity index (χ0) is 16.2. The molecule has 2 amide bonds. The van der Waals surface area contributed by atoms with Crippen LogP contribution < -0.4 is 5.73 Å². The Kier molecular flexibility index (Phi) is 4.36. The van der Waals surface area contributed by atoms with Crippen LogP contribution in [0.2, 0.25) is 0 Å². The second-order valence-corrected chi connectivity index (χ2v) is 5.67. The zero-order valence-corrected chi connectivity index (χ0v) is 12.8. The second-order valence-electron chi connectivity index (χ2n) is 5.67. The van der Waals surface area contributed by atoms with Crippen LogP contribution >= 0.6 is 0 Å². The van der Waals surface area contributed by atoms with Gasteiger partial charge in [0, 0.05) is 25.1 Å². The van der Waals surface area contributed by atoms with Crippen LogP contribution in [-0.4, -0.2) is 44.1 Å². The van der Waals surface area contributed by atoms with Crippen LogP contribution in [0.25, 0.3) is 0 Å². The summed E-state index contributed by atoms with van der Waals surface area (Å²) in [4.78, 5) is 29.8. The predicted molar refractivity (Wildman–Crippen MR) is 83.7 cm³/mol. The van der Waals surface area contributed by atoms with Gasteiger partial charge in [0.2, 0.25) is 5.91 Å². The number of nitrogens with two attached hydrogens (primary N) is 1. The number of piperidine rings is 1. The van der Waals surface area contributed by atoms with Crippen LogP contribution in [0.4, 0.5) is 0 Å². The maximum absolute atomic E-state index is 12.7. The Bertz CT molecular complexity index is 681. The SMILES string of the molecule is NC(=O)c1ccc(C(=O)N2CCCC[C@@H]2Cn2cccn2)nc1. The lowest BCUT2D eigenvalue weighted by atomic mass is 10.0. The van der Waals surface area contributed by atoms with E-state index in [2.05, 4.69) is 10.1 Å². The molecular weight excluding hydrogens is 294 g/mol. The number of rotatable bonds is 4. The minimum absolute atomic E-state index is 0.105. The van der Waals surface area contributed by atoms with Crippen LogP contribution in [0.1, 0.15) is 40.1 Å². The van der Waals surface area contributed by atoms with Crippen LogP contribution in [-0.2, 0) is 6.54 Å². The second kappa shape index (κ2) is 6.60. The first-order chi connectivity index (χ1) is 11.1. The molecule has 7 heteroatoms. The molecule has 0 bridgehead atoms. The van der Waals surface area contributed by atoms with Gasteiger partial charge in [0.05, 0.1) is 18.2 Å². The van der Waals surface area contributed by atoms with E-state index in [9.17, 15) is 9.59 Å². The van der Waals surface area contributed by atoms with Gasteiger partial charge in [-0.15, -0.1) is 0 Å². The van der Waals surface area contributed by atoms with Gasteiger partial charge in [-0.25, -0.2) is 0 Å². The van der Waals surface area contributed by atoms with Crippen molar-refractivity contribution in [3.8, 4) is 0 Å². The number of primary amides is 1. The summed E-state index contributed by atoms with van der Waals surface area (Å²) >= 11 is 0. The first kappa shape index (κ1) is 15.2. The zero-order valence-electron chi connectivity index (χ0n) is 12.8. The molecule has 0 unspecified atom stereocenters. The van der Waals surface area contributed by atoms with Crippen LogP contribution in [0, 0.1) is 0 Å². The largest absolute Gasteiger partial charge is 0.366 e. The van der Waals surface area contributed by atoms with Gasteiger partial charge in [-0.05, 0) is 37.5 Å². The first-order valence-corrected chi connectivity index (χ1v) is 7.69. The summed E-state index contributed by atoms with van der Waals surface area (Å²) in [6, 6.07) is 5.07. The highest BCUT2D eigenvalue weighted by atomic mass is 16.2. The first-order valence-electron chi connectivity index (χ1n) is 7.69. The maximum atomic E-state index is 12.7. The fourth-order valence-corrected chi connectivity index (χ4v) is 2.90. The van der Waals surface area contributed by atoms with Crippen molar-refractivity contribution in [1.29, 1.82) is 0 Å². The quantitative estimate of drug-likeness (QED) is 0.913. The molecule has 1 aliphatic heterocycles. The Labute approximate surface area is 134 Å². The molecule has 3 rings (SSSR count). The van der Waals surface area contributed by atoms with Crippen molar-refractivity contribution in [2.24, 2.45) is 5.73 Å². The lowest BCUT2D eigenvalue weighted by Crippen LogP contribution is -2.46. The van der Waals surface area contributed by atoms with Crippen molar-refractivity contribution in [2.45, 2.75) is 31.8 Å². The van der Waals surface area contributed by atoms with Gasteiger partial charge in [-0.1, -0.05) is 0 Å². The van der Waals surface area contributed by atoms with E-state index in [1.165, 1.54) is 12.3 Å². The van der Waals surface area contributed by atoms with Crippen molar-refractivity contribution in [1.82, 2.24) is 19.7 Å². The highest BCUT2D eigenvalue weighted by Crippen LogP contribution is 2.20. The number of aromatic nitrogens is 3. The molecule has 23 heavy (non-hydrogen) atoms. The van der Waals surface area contributed by atoms with Crippen molar-refractivity contribution in [2.75, 3.05) is 6.54 Å². The molecule has 0 aromatic carbocycles. The van der Waals surface area contributed by atoms with Gasteiger partial charge in [0.25, 0.3) is 5.91 Å². The molecule has 120 valence electrons. The Hall–Kier alpha value is -2.70. The van der Waals surface area contributed by atoms with Crippen LogP contribution in [0.15, 0.2) is 36.8 Å². The minimum Gasteiger partial charge on any atom is -0.366 e. The third kappa shape index (κ3) is 3.39. The molecule has 0 aliphatic carbocycles. The Balaban J connectivity index is 1.76. The molecule has 3 heterocycles. The van der Waals surface area contributed by atoms with Gasteiger partial charge in [0.1, 0.15) is 5.69 Å². The molecule has 1 aliphatic rings. The van der Waals surface area contributed by atoms with E-state index in [0.717, 1.165) is 19.3 Å². The van der Waals surface area contributed by atoms with Crippen molar-refractivity contribution >= 4 is 11.8 Å². The summed E-state index contributed by atoms with van der Waals surface area (Å²) in [5.74, 6) is -0.663. The average molecular weight is 313 g/mol. The molecule has 1 saturated heterocycles. The fourth-order valence-electron chi connectivity index (χ4n) is 2.90. The number of likely N-dealkylation sites (tertiary alicyclic amines) is 1. The van der Waals surface area contributed by atoms with Gasteiger partial charge < -0.3 is 10.6 Å². The summed E-state index contributed by atoms with van der Waals surface area (Å²) in [5.41, 5.74) is 5.83. The number of carbonyl (C=O) groups is 2. The number of nitrogens with zero attached hydrogens (tertiary/aromatic N) is 4. The molecule has 1 atom stereocenters. The van der Waals surface area contributed by atoms with Crippen LogP contribution in [0.3, 0.4) is 0 Å². The number of amides is 2. The fraction of sp³-hybridized carbons (Fsp3) is 0.375. The van der Waals surface area contributed by atoms with Crippen molar-refractivity contribution in [3.05, 3.63) is 48.0 Å². The Morgan fingerprint density at radius 1 is 1.30 bits per heavy atom. The molecule has 2 aromatic rings. The monoisotopic (exact) mass is 313 g/mol. The highest BCUT2D eigenvalue weighted by Gasteiger charge is 2.28. The molecule has 2 N–H and O–H groups in total. The molecule has 1 fully saturated rings. The third-order valence-electron chi connectivity index (χ3n) is 4.11. The molecule has 0 saturated carbocycles. The number of hydrogen-bond acceptors (Lipinski definition) is 4. The van der Waals surface area contributed by atoms with E-state index < -0.39 is 5.91 Å². The number of pyridine rings is 1. The predicted octanol–water partition coefficient (Wildman–Crippen LogP) is 1.07.